The van der Waals surface area contributed by atoms with Gasteiger partial charge in [0.1, 0.15) is 18.1 Å². The van der Waals surface area contributed by atoms with E-state index in [0.717, 1.165) is 34.6 Å². The number of amides is 2. The number of anilines is 1. The van der Waals surface area contributed by atoms with Crippen LogP contribution in [0.15, 0.2) is 66.9 Å². The lowest BCUT2D eigenvalue weighted by molar-refractivity contribution is -0.118. The number of thioether (sulfide) groups is 1. The van der Waals surface area contributed by atoms with Gasteiger partial charge in [0.15, 0.2) is 11.6 Å². The van der Waals surface area contributed by atoms with Crippen molar-refractivity contribution in [1.82, 2.24) is 10.3 Å². The predicted molar refractivity (Wildman–Crippen MR) is 139 cm³/mol. The van der Waals surface area contributed by atoms with E-state index in [0.29, 0.717) is 31.2 Å². The van der Waals surface area contributed by atoms with Crippen molar-refractivity contribution in [2.24, 2.45) is 0 Å². The second-order valence-corrected chi connectivity index (χ2v) is 9.83. The van der Waals surface area contributed by atoms with Gasteiger partial charge < -0.3 is 14.4 Å². The van der Waals surface area contributed by atoms with E-state index >= 15 is 0 Å². The first kappa shape index (κ1) is 24.6. The van der Waals surface area contributed by atoms with E-state index in [4.69, 9.17) is 9.47 Å². The van der Waals surface area contributed by atoms with Crippen molar-refractivity contribution in [3.63, 3.8) is 0 Å². The molecule has 1 aromatic heterocycles. The molecule has 2 amide bonds. The zero-order chi connectivity index (χ0) is 24.8. The summed E-state index contributed by atoms with van der Waals surface area (Å²) < 4.78 is 12.0. The Kier molecular flexibility index (Phi) is 7.92. The summed E-state index contributed by atoms with van der Waals surface area (Å²) in [6.07, 6.45) is 2.25. The summed E-state index contributed by atoms with van der Waals surface area (Å²) in [6.45, 7) is 5.41. The van der Waals surface area contributed by atoms with E-state index in [1.54, 1.807) is 6.20 Å². The van der Waals surface area contributed by atoms with Crippen molar-refractivity contribution < 1.29 is 19.1 Å². The number of pyridine rings is 1. The molecule has 1 N–H and O–H groups in total. The van der Waals surface area contributed by atoms with Gasteiger partial charge in [-0.1, -0.05) is 49.9 Å². The highest BCUT2D eigenvalue weighted by atomic mass is 32.2. The molecule has 35 heavy (non-hydrogen) atoms. The van der Waals surface area contributed by atoms with Gasteiger partial charge in [0.2, 0.25) is 5.91 Å². The molecule has 7 nitrogen and oxygen atoms in total. The molecule has 0 radical (unpaired) electrons. The van der Waals surface area contributed by atoms with Crippen LogP contribution < -0.4 is 19.7 Å². The summed E-state index contributed by atoms with van der Waals surface area (Å²) in [5.74, 6) is 3.17. The van der Waals surface area contributed by atoms with E-state index in [9.17, 15) is 9.59 Å². The van der Waals surface area contributed by atoms with Crippen molar-refractivity contribution >= 4 is 28.7 Å². The van der Waals surface area contributed by atoms with Crippen molar-refractivity contribution in [3.05, 3.63) is 78.0 Å². The molecule has 2 heterocycles. The van der Waals surface area contributed by atoms with Crippen LogP contribution in [0.3, 0.4) is 0 Å². The van der Waals surface area contributed by atoms with Gasteiger partial charge in [-0.2, -0.15) is 0 Å². The molecule has 0 bridgehead atoms. The van der Waals surface area contributed by atoms with Gasteiger partial charge in [0, 0.05) is 13.2 Å². The summed E-state index contributed by atoms with van der Waals surface area (Å²) in [5.41, 5.74) is 2.25. The first-order chi connectivity index (χ1) is 16.9. The van der Waals surface area contributed by atoms with E-state index in [1.165, 1.54) is 5.56 Å². The highest BCUT2D eigenvalue weighted by Crippen LogP contribution is 2.30. The van der Waals surface area contributed by atoms with E-state index in [1.807, 2.05) is 60.5 Å². The quantitative estimate of drug-likeness (QED) is 0.406. The molecule has 0 saturated carbocycles. The van der Waals surface area contributed by atoms with Gasteiger partial charge in [0.05, 0.1) is 11.8 Å². The molecular weight excluding hydrogens is 462 g/mol. The number of imide groups is 1. The number of hydrogen-bond acceptors (Lipinski definition) is 7. The van der Waals surface area contributed by atoms with Crippen LogP contribution in [0.1, 0.15) is 30.9 Å². The minimum Gasteiger partial charge on any atom is -0.492 e. The molecule has 8 heteroatoms. The van der Waals surface area contributed by atoms with E-state index in [-0.39, 0.29) is 16.4 Å². The third kappa shape index (κ3) is 6.54. The number of carbonyl (C=O) groups is 2. The molecule has 0 aliphatic carbocycles. The minimum atomic E-state index is -0.370. The number of carbonyl (C=O) groups excluding carboxylic acids is 2. The van der Waals surface area contributed by atoms with Crippen molar-refractivity contribution in [3.8, 4) is 17.2 Å². The first-order valence-corrected chi connectivity index (χ1v) is 12.4. The van der Waals surface area contributed by atoms with Gasteiger partial charge in [-0.15, -0.1) is 0 Å². The molecule has 1 fully saturated rings. The summed E-state index contributed by atoms with van der Waals surface area (Å²) in [6, 6.07) is 19.5. The molecule has 4 rings (SSSR count). The Morgan fingerprint density at radius 3 is 2.40 bits per heavy atom. The molecule has 3 aromatic rings. The van der Waals surface area contributed by atoms with E-state index in [2.05, 4.69) is 36.3 Å². The topological polar surface area (TPSA) is 80.8 Å². The van der Waals surface area contributed by atoms with Crippen molar-refractivity contribution in [2.45, 2.75) is 31.4 Å². The molecule has 182 valence electrons. The second-order valence-electron chi connectivity index (χ2n) is 8.65. The van der Waals surface area contributed by atoms with Crippen molar-refractivity contribution in [2.75, 3.05) is 25.1 Å². The summed E-state index contributed by atoms with van der Waals surface area (Å²) in [5, 5.41) is 1.66. The average Bonchev–Trinajstić information content (AvgIpc) is 3.17. The SMILES string of the molecule is CC(C)c1ccc(Oc2cccnc2N(C)CCOc2ccc(CC3SC(=O)NC3=O)cc2)cc1. The van der Waals surface area contributed by atoms with Gasteiger partial charge in [0.25, 0.3) is 5.24 Å². The molecule has 1 aliphatic heterocycles. The number of nitrogens with one attached hydrogen (secondary N) is 1. The summed E-state index contributed by atoms with van der Waals surface area (Å²) in [7, 11) is 1.95. The van der Waals surface area contributed by atoms with Gasteiger partial charge in [-0.3, -0.25) is 14.9 Å². The third-order valence-corrected chi connectivity index (χ3v) is 6.68. The molecule has 1 saturated heterocycles. The zero-order valence-electron chi connectivity index (χ0n) is 20.1. The van der Waals surface area contributed by atoms with Gasteiger partial charge >= 0.3 is 0 Å². The number of aromatic nitrogens is 1. The number of benzene rings is 2. The Labute approximate surface area is 209 Å². The third-order valence-electron chi connectivity index (χ3n) is 5.69. The maximum atomic E-state index is 11.7. The minimum absolute atomic E-state index is 0.228. The second kappa shape index (κ2) is 11.3. The highest BCUT2D eigenvalue weighted by molar-refractivity contribution is 8.15. The standard InChI is InChI=1S/C27H29N3O4S/c1-18(2)20-8-12-22(13-9-20)34-23-5-4-14-28-25(23)30(3)15-16-33-21-10-6-19(7-11-21)17-24-26(31)29-27(32)35-24/h4-14,18,24H,15-17H2,1-3H3,(H,29,31,32). The first-order valence-electron chi connectivity index (χ1n) is 11.6. The monoisotopic (exact) mass is 491 g/mol. The fourth-order valence-electron chi connectivity index (χ4n) is 3.67. The van der Waals surface area contributed by atoms with E-state index < -0.39 is 0 Å². The maximum absolute atomic E-state index is 11.7. The fourth-order valence-corrected chi connectivity index (χ4v) is 4.53. The Morgan fingerprint density at radius 2 is 1.74 bits per heavy atom. The molecule has 1 atom stereocenters. The predicted octanol–water partition coefficient (Wildman–Crippen LogP) is 5.41. The Morgan fingerprint density at radius 1 is 1.03 bits per heavy atom. The lowest BCUT2D eigenvalue weighted by atomic mass is 10.0. The van der Waals surface area contributed by atoms with Crippen molar-refractivity contribution in [1.29, 1.82) is 0 Å². The van der Waals surface area contributed by atoms with Crippen LogP contribution in [0.2, 0.25) is 0 Å². The number of hydrogen-bond donors (Lipinski definition) is 1. The van der Waals surface area contributed by atoms with Crippen LogP contribution in [-0.2, 0) is 11.2 Å². The number of likely N-dealkylation sites (N-methyl/N-ethyl adjacent to an activating group) is 1. The number of ether oxygens (including phenoxy) is 2. The van der Waals surface area contributed by atoms with Crippen LogP contribution in [0.25, 0.3) is 0 Å². The lowest BCUT2D eigenvalue weighted by Crippen LogP contribution is -2.25. The highest BCUT2D eigenvalue weighted by Gasteiger charge is 2.31. The van der Waals surface area contributed by atoms with Crippen LogP contribution in [0.4, 0.5) is 10.6 Å². The fraction of sp³-hybridized carbons (Fsp3) is 0.296. The van der Waals surface area contributed by atoms with Crippen LogP contribution >= 0.6 is 11.8 Å². The Hall–Kier alpha value is -3.52. The average molecular weight is 492 g/mol. The maximum Gasteiger partial charge on any atom is 0.286 e. The number of rotatable bonds is 10. The Bertz CT molecular complexity index is 1170. The number of nitrogens with zero attached hydrogens (tertiary/aromatic N) is 2. The van der Waals surface area contributed by atoms with Gasteiger partial charge in [-0.05, 0) is 59.9 Å². The van der Waals surface area contributed by atoms with Gasteiger partial charge in [-0.25, -0.2) is 4.98 Å². The van der Waals surface area contributed by atoms with Crippen LogP contribution in [-0.4, -0.2) is 41.6 Å². The normalized spacial score (nSPS) is 15.3. The van der Waals surface area contributed by atoms with Crippen LogP contribution in [0.5, 0.6) is 17.2 Å². The molecule has 2 aromatic carbocycles. The summed E-state index contributed by atoms with van der Waals surface area (Å²) >= 11 is 1.04. The largest absolute Gasteiger partial charge is 0.492 e. The molecular formula is C27H29N3O4S. The smallest absolute Gasteiger partial charge is 0.286 e. The Balaban J connectivity index is 1.30. The lowest BCUT2D eigenvalue weighted by Gasteiger charge is -2.21. The molecule has 1 unspecified atom stereocenters. The molecule has 0 spiro atoms. The zero-order valence-corrected chi connectivity index (χ0v) is 20.9. The van der Waals surface area contributed by atoms with Crippen LogP contribution in [0, 0.1) is 0 Å². The summed E-state index contributed by atoms with van der Waals surface area (Å²) in [4.78, 5) is 29.6. The molecule has 1 aliphatic rings.